The third-order valence-electron chi connectivity index (χ3n) is 4.82. The molecule has 1 aliphatic carbocycles. The maximum Gasteiger partial charge on any atom is 0.407 e. The second kappa shape index (κ2) is 8.45. The number of hydrogen-bond donors (Lipinski definition) is 1. The van der Waals surface area contributed by atoms with E-state index >= 15 is 0 Å². The van der Waals surface area contributed by atoms with Gasteiger partial charge in [-0.3, -0.25) is 4.98 Å². The van der Waals surface area contributed by atoms with Crippen molar-refractivity contribution in [2.75, 3.05) is 13.2 Å². The highest BCUT2D eigenvalue weighted by atomic mass is 35.5. The van der Waals surface area contributed by atoms with Gasteiger partial charge in [-0.1, -0.05) is 66.2 Å². The number of rotatable bonds is 5. The number of carbonyl (C=O) groups is 1. The Morgan fingerprint density at radius 3 is 2.45 bits per heavy atom. The van der Waals surface area contributed by atoms with Crippen LogP contribution in [0.3, 0.4) is 0 Å². The molecule has 0 unspecified atom stereocenters. The van der Waals surface area contributed by atoms with E-state index in [0.29, 0.717) is 0 Å². The minimum absolute atomic E-state index is 0.0102. The Labute approximate surface area is 173 Å². The Bertz CT molecular complexity index is 1040. The van der Waals surface area contributed by atoms with Gasteiger partial charge in [0.2, 0.25) is 0 Å². The number of ether oxygens (including phenoxy) is 1. The zero-order chi connectivity index (χ0) is 20.2. The van der Waals surface area contributed by atoms with E-state index in [1.807, 2.05) is 24.3 Å². The number of hydrogen-bond acceptors (Lipinski definition) is 3. The number of pyridine rings is 1. The lowest BCUT2D eigenvalue weighted by Gasteiger charge is -2.14. The standard InChI is InChI=1S/C23H18ClFN2O2/c24-15-12-21(25)22(27-13-15)10-5-11-26-23(28)29-14-20-18-8-3-1-6-16(18)17-7-2-4-9-19(17)20/h1-10,12-13,20H,11,14H2,(H,26,28). The molecule has 6 heteroatoms. The van der Waals surface area contributed by atoms with Crippen LogP contribution >= 0.6 is 11.6 Å². The third kappa shape index (κ3) is 4.15. The first-order chi connectivity index (χ1) is 14.1. The van der Waals surface area contributed by atoms with Crippen LogP contribution in [0.1, 0.15) is 22.7 Å². The molecule has 1 N–H and O–H groups in total. The molecule has 0 fully saturated rings. The van der Waals surface area contributed by atoms with Gasteiger partial charge in [0.15, 0.2) is 0 Å². The van der Waals surface area contributed by atoms with Crippen molar-refractivity contribution in [3.8, 4) is 11.1 Å². The number of nitrogens with zero attached hydrogens (tertiary/aromatic N) is 1. The maximum atomic E-state index is 13.7. The second-order valence-corrected chi connectivity index (χ2v) is 7.07. The summed E-state index contributed by atoms with van der Waals surface area (Å²) in [6.45, 7) is 0.442. The molecule has 1 aliphatic rings. The monoisotopic (exact) mass is 408 g/mol. The number of aromatic nitrogens is 1. The number of benzene rings is 2. The largest absolute Gasteiger partial charge is 0.449 e. The van der Waals surface area contributed by atoms with E-state index in [1.54, 1.807) is 6.08 Å². The fraction of sp³-hybridized carbons (Fsp3) is 0.130. The molecule has 3 aromatic rings. The summed E-state index contributed by atoms with van der Waals surface area (Å²) >= 11 is 5.67. The second-order valence-electron chi connectivity index (χ2n) is 6.63. The first-order valence-corrected chi connectivity index (χ1v) is 9.57. The van der Waals surface area contributed by atoms with E-state index < -0.39 is 11.9 Å². The minimum Gasteiger partial charge on any atom is -0.449 e. The Balaban J connectivity index is 1.34. The number of alkyl carbamates (subject to hydrolysis) is 1. The van der Waals surface area contributed by atoms with E-state index in [9.17, 15) is 9.18 Å². The van der Waals surface area contributed by atoms with Crippen molar-refractivity contribution in [1.29, 1.82) is 0 Å². The Morgan fingerprint density at radius 1 is 1.14 bits per heavy atom. The molecule has 146 valence electrons. The van der Waals surface area contributed by atoms with Crippen LogP contribution in [0.5, 0.6) is 0 Å². The van der Waals surface area contributed by atoms with Crippen LogP contribution in [0.4, 0.5) is 9.18 Å². The number of nitrogens with one attached hydrogen (secondary N) is 1. The predicted octanol–water partition coefficient (Wildman–Crippen LogP) is 5.43. The quantitative estimate of drug-likeness (QED) is 0.612. The number of carbonyl (C=O) groups excluding carboxylic acids is 1. The average molecular weight is 409 g/mol. The van der Waals surface area contributed by atoms with Crippen molar-refractivity contribution in [2.24, 2.45) is 0 Å². The predicted molar refractivity (Wildman–Crippen MR) is 111 cm³/mol. The van der Waals surface area contributed by atoms with Crippen molar-refractivity contribution < 1.29 is 13.9 Å². The highest BCUT2D eigenvalue weighted by Crippen LogP contribution is 2.44. The van der Waals surface area contributed by atoms with Gasteiger partial charge in [-0.2, -0.15) is 0 Å². The number of halogens is 2. The molecule has 4 rings (SSSR count). The Kier molecular flexibility index (Phi) is 5.58. The van der Waals surface area contributed by atoms with Gasteiger partial charge in [0.1, 0.15) is 12.4 Å². The average Bonchev–Trinajstić information content (AvgIpc) is 3.05. The molecule has 0 saturated heterocycles. The lowest BCUT2D eigenvalue weighted by Crippen LogP contribution is -2.26. The molecule has 0 aliphatic heterocycles. The molecular formula is C23H18ClFN2O2. The van der Waals surface area contributed by atoms with Crippen LogP contribution in [-0.2, 0) is 4.74 Å². The van der Waals surface area contributed by atoms with Crippen LogP contribution in [0.15, 0.2) is 66.9 Å². The third-order valence-corrected chi connectivity index (χ3v) is 5.03. The molecule has 0 spiro atoms. The molecule has 0 atom stereocenters. The van der Waals surface area contributed by atoms with Gasteiger partial charge in [-0.25, -0.2) is 9.18 Å². The van der Waals surface area contributed by atoms with Gasteiger partial charge in [0, 0.05) is 18.7 Å². The molecule has 1 aromatic heterocycles. The summed E-state index contributed by atoms with van der Waals surface area (Å²) in [6.07, 6.45) is 3.92. The Morgan fingerprint density at radius 2 is 1.79 bits per heavy atom. The van der Waals surface area contributed by atoms with Gasteiger partial charge < -0.3 is 10.1 Å². The van der Waals surface area contributed by atoms with Crippen molar-refractivity contribution in [3.05, 3.63) is 94.5 Å². The van der Waals surface area contributed by atoms with Crippen LogP contribution in [0.2, 0.25) is 5.02 Å². The van der Waals surface area contributed by atoms with Crippen LogP contribution in [0, 0.1) is 5.82 Å². The van der Waals surface area contributed by atoms with Gasteiger partial charge in [-0.05, 0) is 34.4 Å². The lowest BCUT2D eigenvalue weighted by molar-refractivity contribution is 0.144. The minimum atomic E-state index is -0.527. The SMILES string of the molecule is O=C(NCC=Cc1ncc(Cl)cc1F)OCC1c2ccccc2-c2ccccc21. The first-order valence-electron chi connectivity index (χ1n) is 9.20. The molecule has 2 aromatic carbocycles. The van der Waals surface area contributed by atoms with Crippen LogP contribution in [-0.4, -0.2) is 24.2 Å². The van der Waals surface area contributed by atoms with E-state index in [0.717, 1.165) is 11.1 Å². The molecular weight excluding hydrogens is 391 g/mol. The fourth-order valence-corrected chi connectivity index (χ4v) is 3.65. The zero-order valence-corrected chi connectivity index (χ0v) is 16.2. The topological polar surface area (TPSA) is 51.2 Å². The van der Waals surface area contributed by atoms with Gasteiger partial charge in [0.25, 0.3) is 0 Å². The van der Waals surface area contributed by atoms with Crippen molar-refractivity contribution >= 4 is 23.8 Å². The number of fused-ring (bicyclic) bond motifs is 3. The van der Waals surface area contributed by atoms with Crippen LogP contribution in [0.25, 0.3) is 17.2 Å². The summed E-state index contributed by atoms with van der Waals surface area (Å²) in [6, 6.07) is 17.5. The van der Waals surface area contributed by atoms with Gasteiger partial charge in [0.05, 0.1) is 10.7 Å². The van der Waals surface area contributed by atoms with Crippen molar-refractivity contribution in [1.82, 2.24) is 10.3 Å². The highest BCUT2D eigenvalue weighted by molar-refractivity contribution is 6.30. The van der Waals surface area contributed by atoms with E-state index in [-0.39, 0.29) is 29.8 Å². The smallest absolute Gasteiger partial charge is 0.407 e. The normalized spacial score (nSPS) is 12.6. The molecule has 4 nitrogen and oxygen atoms in total. The fourth-order valence-electron chi connectivity index (χ4n) is 3.51. The molecule has 0 saturated carbocycles. The summed E-state index contributed by atoms with van der Waals surface area (Å²) in [5.74, 6) is -0.508. The lowest BCUT2D eigenvalue weighted by atomic mass is 9.98. The molecule has 1 amide bonds. The molecule has 1 heterocycles. The molecule has 29 heavy (non-hydrogen) atoms. The number of amides is 1. The van der Waals surface area contributed by atoms with E-state index in [1.165, 1.54) is 29.5 Å². The summed E-state index contributed by atoms with van der Waals surface area (Å²) < 4.78 is 19.1. The van der Waals surface area contributed by atoms with Gasteiger partial charge in [-0.15, -0.1) is 0 Å². The first kappa shape index (κ1) is 19.2. The highest BCUT2D eigenvalue weighted by Gasteiger charge is 2.28. The molecule has 0 radical (unpaired) electrons. The summed E-state index contributed by atoms with van der Waals surface area (Å²) in [5, 5.41) is 2.86. The summed E-state index contributed by atoms with van der Waals surface area (Å²) in [5.41, 5.74) is 4.83. The van der Waals surface area contributed by atoms with E-state index in [4.69, 9.17) is 16.3 Å². The van der Waals surface area contributed by atoms with E-state index in [2.05, 4.69) is 34.6 Å². The van der Waals surface area contributed by atoms with Crippen LogP contribution < -0.4 is 5.32 Å². The summed E-state index contributed by atoms with van der Waals surface area (Å²) in [4.78, 5) is 16.0. The van der Waals surface area contributed by atoms with Gasteiger partial charge >= 0.3 is 6.09 Å². The maximum absolute atomic E-state index is 13.7. The summed E-state index contributed by atoms with van der Waals surface area (Å²) in [7, 11) is 0. The zero-order valence-electron chi connectivity index (χ0n) is 15.4. The molecule has 0 bridgehead atoms. The Hall–Kier alpha value is -3.18. The van der Waals surface area contributed by atoms with Crippen molar-refractivity contribution in [2.45, 2.75) is 5.92 Å². The van der Waals surface area contributed by atoms with Crippen molar-refractivity contribution in [3.63, 3.8) is 0 Å².